The number of Topliss-reactive ketones (excluding diaryl/α,β-unsaturated/α-hetero) is 1. The highest BCUT2D eigenvalue weighted by atomic mass is 16.5. The zero-order valence-corrected chi connectivity index (χ0v) is 21.7. The summed E-state index contributed by atoms with van der Waals surface area (Å²) in [4.78, 5) is 15.4. The Balaban J connectivity index is 1.72. The molecule has 1 saturated heterocycles. The molecular formula is C29H50N2O3. The highest BCUT2D eigenvalue weighted by Crippen LogP contribution is 2.33. The normalized spacial score (nSPS) is 17.4. The van der Waals surface area contributed by atoms with Crippen molar-refractivity contribution in [1.82, 2.24) is 4.90 Å². The Morgan fingerprint density at radius 3 is 1.91 bits per heavy atom. The molecule has 2 rings (SSSR count). The number of hydrogen-bond donors (Lipinski definition) is 2. The van der Waals surface area contributed by atoms with Gasteiger partial charge in [0, 0.05) is 19.5 Å². The van der Waals surface area contributed by atoms with E-state index < -0.39 is 11.6 Å². The van der Waals surface area contributed by atoms with Gasteiger partial charge >= 0.3 is 0 Å². The van der Waals surface area contributed by atoms with Gasteiger partial charge in [-0.1, -0.05) is 114 Å². The molecule has 1 aliphatic heterocycles. The lowest BCUT2D eigenvalue weighted by Gasteiger charge is -2.47. The van der Waals surface area contributed by atoms with E-state index in [0.717, 1.165) is 18.4 Å². The number of morpholine rings is 1. The van der Waals surface area contributed by atoms with Crippen LogP contribution < -0.4 is 5.73 Å². The van der Waals surface area contributed by atoms with Crippen LogP contribution in [0.1, 0.15) is 102 Å². The number of rotatable bonds is 19. The summed E-state index contributed by atoms with van der Waals surface area (Å²) in [7, 11) is 0. The standard InChI is InChI=1S/C29H50N2O3/c1-2-3-4-5-6-7-8-9-10-11-12-13-17-20-28(33)27(25-32)29(30,26-18-15-14-16-19-26)31-21-23-34-24-22-31/h14-16,18-19,27,32H,2-13,17,20-25,30H2,1H3. The molecule has 2 unspecified atom stereocenters. The number of aliphatic hydroxyl groups is 1. The molecule has 5 nitrogen and oxygen atoms in total. The number of nitrogens with zero attached hydrogens (tertiary/aromatic N) is 1. The number of benzene rings is 1. The van der Waals surface area contributed by atoms with Crippen molar-refractivity contribution < 1.29 is 14.6 Å². The summed E-state index contributed by atoms with van der Waals surface area (Å²) < 4.78 is 5.51. The Morgan fingerprint density at radius 1 is 0.912 bits per heavy atom. The zero-order chi connectivity index (χ0) is 24.5. The third kappa shape index (κ3) is 9.41. The molecule has 0 amide bonds. The Hall–Kier alpha value is -1.27. The van der Waals surface area contributed by atoms with Gasteiger partial charge < -0.3 is 15.6 Å². The minimum Gasteiger partial charge on any atom is -0.395 e. The zero-order valence-electron chi connectivity index (χ0n) is 21.7. The molecule has 0 radical (unpaired) electrons. The molecule has 34 heavy (non-hydrogen) atoms. The van der Waals surface area contributed by atoms with Gasteiger partial charge in [-0.25, -0.2) is 0 Å². The van der Waals surface area contributed by atoms with Crippen molar-refractivity contribution in [2.75, 3.05) is 32.9 Å². The summed E-state index contributed by atoms with van der Waals surface area (Å²) in [5.41, 5.74) is 6.86. The van der Waals surface area contributed by atoms with Crippen molar-refractivity contribution in [2.45, 2.75) is 102 Å². The fraction of sp³-hybridized carbons (Fsp3) is 0.759. The number of unbranched alkanes of at least 4 members (excludes halogenated alkanes) is 12. The maximum Gasteiger partial charge on any atom is 0.141 e. The third-order valence-electron chi connectivity index (χ3n) is 7.40. The van der Waals surface area contributed by atoms with E-state index in [1.165, 1.54) is 70.6 Å². The molecule has 0 aromatic heterocycles. The fourth-order valence-corrected chi connectivity index (χ4v) is 5.22. The summed E-state index contributed by atoms with van der Waals surface area (Å²) >= 11 is 0. The fourth-order valence-electron chi connectivity index (χ4n) is 5.22. The monoisotopic (exact) mass is 474 g/mol. The summed E-state index contributed by atoms with van der Waals surface area (Å²) in [5, 5.41) is 10.3. The Bertz CT molecular complexity index is 648. The molecule has 0 saturated carbocycles. The lowest BCUT2D eigenvalue weighted by atomic mass is 9.80. The van der Waals surface area contributed by atoms with Gasteiger partial charge in [0.15, 0.2) is 0 Å². The maximum absolute atomic E-state index is 13.2. The van der Waals surface area contributed by atoms with E-state index in [2.05, 4.69) is 11.8 Å². The van der Waals surface area contributed by atoms with Gasteiger partial charge in [-0.15, -0.1) is 0 Å². The van der Waals surface area contributed by atoms with Gasteiger partial charge in [0.1, 0.15) is 11.4 Å². The molecule has 5 heteroatoms. The summed E-state index contributed by atoms with van der Waals surface area (Å²) in [6.07, 6.45) is 17.2. The van der Waals surface area contributed by atoms with Crippen molar-refractivity contribution in [3.05, 3.63) is 35.9 Å². The first-order chi connectivity index (χ1) is 16.6. The van der Waals surface area contributed by atoms with Gasteiger partial charge in [-0.05, 0) is 12.0 Å². The Morgan fingerprint density at radius 2 is 1.41 bits per heavy atom. The number of ether oxygens (including phenoxy) is 1. The molecule has 1 aliphatic rings. The molecule has 1 aromatic rings. The highest BCUT2D eigenvalue weighted by molar-refractivity contribution is 5.82. The second-order valence-corrected chi connectivity index (χ2v) is 9.98. The van der Waals surface area contributed by atoms with Crippen molar-refractivity contribution >= 4 is 5.78 Å². The smallest absolute Gasteiger partial charge is 0.141 e. The topological polar surface area (TPSA) is 75.8 Å². The van der Waals surface area contributed by atoms with Crippen LogP contribution in [0.2, 0.25) is 0 Å². The van der Waals surface area contributed by atoms with Crippen molar-refractivity contribution in [1.29, 1.82) is 0 Å². The molecule has 2 atom stereocenters. The highest BCUT2D eigenvalue weighted by Gasteiger charge is 2.45. The molecule has 194 valence electrons. The first-order valence-electron chi connectivity index (χ1n) is 13.9. The van der Waals surface area contributed by atoms with E-state index in [9.17, 15) is 9.90 Å². The van der Waals surface area contributed by atoms with Crippen LogP contribution in [0.5, 0.6) is 0 Å². The molecule has 0 spiro atoms. The molecular weight excluding hydrogens is 424 g/mol. The van der Waals surface area contributed by atoms with Gasteiger partial charge in [0.2, 0.25) is 0 Å². The molecule has 0 bridgehead atoms. The summed E-state index contributed by atoms with van der Waals surface area (Å²) in [6, 6.07) is 9.78. The van der Waals surface area contributed by atoms with Gasteiger partial charge in [0.05, 0.1) is 25.7 Å². The van der Waals surface area contributed by atoms with E-state index in [4.69, 9.17) is 10.5 Å². The summed E-state index contributed by atoms with van der Waals surface area (Å²) in [5.74, 6) is -0.561. The second-order valence-electron chi connectivity index (χ2n) is 9.98. The number of ketones is 1. The first-order valence-corrected chi connectivity index (χ1v) is 13.9. The number of carbonyl (C=O) groups is 1. The largest absolute Gasteiger partial charge is 0.395 e. The second kappa shape index (κ2) is 17.2. The van der Waals surface area contributed by atoms with Crippen molar-refractivity contribution in [2.24, 2.45) is 11.7 Å². The molecule has 1 aromatic carbocycles. The number of aliphatic hydroxyl groups excluding tert-OH is 1. The predicted molar refractivity (Wildman–Crippen MR) is 141 cm³/mol. The van der Waals surface area contributed by atoms with Gasteiger partial charge in [0.25, 0.3) is 0 Å². The lowest BCUT2D eigenvalue weighted by Crippen LogP contribution is -2.63. The Kier molecular flexibility index (Phi) is 14.7. The van der Waals surface area contributed by atoms with E-state index in [1.807, 2.05) is 30.3 Å². The average molecular weight is 475 g/mol. The van der Waals surface area contributed by atoms with Gasteiger partial charge in [-0.3, -0.25) is 9.69 Å². The van der Waals surface area contributed by atoms with Crippen LogP contribution in [-0.2, 0) is 15.2 Å². The average Bonchev–Trinajstić information content (AvgIpc) is 2.88. The van der Waals surface area contributed by atoms with Crippen LogP contribution in [0.4, 0.5) is 0 Å². The Labute approximate surface area is 208 Å². The molecule has 1 heterocycles. The molecule has 0 aliphatic carbocycles. The van der Waals surface area contributed by atoms with E-state index in [-0.39, 0.29) is 12.4 Å². The SMILES string of the molecule is CCCCCCCCCCCCCCCC(=O)C(CO)C(N)(c1ccccc1)N1CCOCC1. The van der Waals surface area contributed by atoms with Crippen LogP contribution in [0, 0.1) is 5.92 Å². The number of hydrogen-bond acceptors (Lipinski definition) is 5. The molecule has 3 N–H and O–H groups in total. The predicted octanol–water partition coefficient (Wildman–Crippen LogP) is 5.79. The van der Waals surface area contributed by atoms with E-state index in [1.54, 1.807) is 0 Å². The van der Waals surface area contributed by atoms with Crippen LogP contribution in [-0.4, -0.2) is 48.7 Å². The number of nitrogens with two attached hydrogens (primary N) is 1. The van der Waals surface area contributed by atoms with Crippen molar-refractivity contribution in [3.63, 3.8) is 0 Å². The third-order valence-corrected chi connectivity index (χ3v) is 7.40. The summed E-state index contributed by atoms with van der Waals surface area (Å²) in [6.45, 7) is 4.54. The van der Waals surface area contributed by atoms with E-state index in [0.29, 0.717) is 32.7 Å². The van der Waals surface area contributed by atoms with Gasteiger partial charge in [-0.2, -0.15) is 0 Å². The van der Waals surface area contributed by atoms with E-state index >= 15 is 0 Å². The molecule has 1 fully saturated rings. The quantitative estimate of drug-likeness (QED) is 0.248. The van der Waals surface area contributed by atoms with Crippen LogP contribution in [0.3, 0.4) is 0 Å². The maximum atomic E-state index is 13.2. The van der Waals surface area contributed by atoms with Crippen LogP contribution in [0.25, 0.3) is 0 Å². The first kappa shape index (κ1) is 29.0. The van der Waals surface area contributed by atoms with Crippen LogP contribution >= 0.6 is 0 Å². The number of carbonyl (C=O) groups excluding carboxylic acids is 1. The van der Waals surface area contributed by atoms with Crippen molar-refractivity contribution in [3.8, 4) is 0 Å². The van der Waals surface area contributed by atoms with Crippen LogP contribution in [0.15, 0.2) is 30.3 Å². The minimum absolute atomic E-state index is 0.0726. The lowest BCUT2D eigenvalue weighted by molar-refractivity contribution is -0.134. The minimum atomic E-state index is -1.01.